The molecule has 3 N–H and O–H groups in total. The van der Waals surface area contributed by atoms with Crippen LogP contribution in [0.4, 0.5) is 4.79 Å². The summed E-state index contributed by atoms with van der Waals surface area (Å²) in [6, 6.07) is 12.8. The Balaban J connectivity index is 1.64. The molecule has 216 valence electrons. The highest BCUT2D eigenvalue weighted by Gasteiger charge is 2.36. The predicted molar refractivity (Wildman–Crippen MR) is 153 cm³/mol. The molecular weight excluding hydrogens is 546 g/mol. The largest absolute Gasteiger partial charge is 0.508 e. The second-order valence-electron chi connectivity index (χ2n) is 10.8. The van der Waals surface area contributed by atoms with Crippen LogP contribution in [0.25, 0.3) is 0 Å². The van der Waals surface area contributed by atoms with Crippen LogP contribution in [0.3, 0.4) is 0 Å². The predicted octanol–water partition coefficient (Wildman–Crippen LogP) is 3.90. The van der Waals surface area contributed by atoms with E-state index in [1.54, 1.807) is 57.2 Å². The molecule has 0 saturated carbocycles. The van der Waals surface area contributed by atoms with E-state index in [0.29, 0.717) is 18.5 Å². The highest BCUT2D eigenvalue weighted by Crippen LogP contribution is 2.30. The number of aromatic hydroxyl groups is 1. The number of alkyl carbamates (subject to hydrolysis) is 1. The average molecular weight is 580 g/mol. The van der Waals surface area contributed by atoms with Crippen molar-refractivity contribution in [3.05, 3.63) is 94.4 Å². The number of phenolic OH excluding ortho intramolecular Hbond substituents is 1. The number of rotatable bonds is 9. The lowest BCUT2D eigenvalue weighted by Gasteiger charge is -2.19. The van der Waals surface area contributed by atoms with Crippen LogP contribution in [0, 0.1) is 6.92 Å². The number of nitrogens with one attached hydrogen (secondary N) is 2. The van der Waals surface area contributed by atoms with Crippen LogP contribution in [-0.2, 0) is 27.6 Å². The van der Waals surface area contributed by atoms with Crippen LogP contribution in [0.2, 0.25) is 0 Å². The first kappa shape index (κ1) is 29.6. The fraction of sp³-hybridized carbons (Fsp3) is 0.300. The van der Waals surface area contributed by atoms with Gasteiger partial charge in [-0.25, -0.2) is 17.2 Å². The van der Waals surface area contributed by atoms with E-state index in [1.807, 2.05) is 6.92 Å². The van der Waals surface area contributed by atoms with Gasteiger partial charge in [-0.15, -0.1) is 0 Å². The van der Waals surface area contributed by atoms with E-state index >= 15 is 0 Å². The quantitative estimate of drug-likeness (QED) is 0.346. The number of carbonyl (C=O) groups excluding carboxylic acids is 3. The second-order valence-corrected chi connectivity index (χ2v) is 12.6. The lowest BCUT2D eigenvalue weighted by molar-refractivity contribution is 0.0528. The molecule has 0 unspecified atom stereocenters. The molecule has 1 heterocycles. The standard InChI is InChI=1S/C30H33N3O7S/c1-19-5-11-23(12-6-19)41(38,39)33-18-21(14-16-32-29(37)40-30(2,3)4)26-27(33)25(35)17-24(28(26)36)31-15-13-20-7-9-22(34)10-8-20/h5-12,17-18,31,34H,13-16H2,1-4H3,(H,32,37). The molecule has 0 fully saturated rings. The number of hydrogen-bond donors (Lipinski definition) is 3. The van der Waals surface area contributed by atoms with Gasteiger partial charge in [0.25, 0.3) is 10.0 Å². The molecule has 0 radical (unpaired) electrons. The van der Waals surface area contributed by atoms with Crippen LogP contribution in [0.5, 0.6) is 5.75 Å². The van der Waals surface area contributed by atoms with Crippen molar-refractivity contribution in [2.45, 2.75) is 51.0 Å². The van der Waals surface area contributed by atoms with Gasteiger partial charge in [-0.05, 0) is 75.9 Å². The molecule has 2 aromatic carbocycles. The van der Waals surface area contributed by atoms with E-state index < -0.39 is 33.3 Å². The van der Waals surface area contributed by atoms with E-state index in [1.165, 1.54) is 18.3 Å². The van der Waals surface area contributed by atoms with Crippen LogP contribution in [0.15, 0.2) is 71.4 Å². The van der Waals surface area contributed by atoms with E-state index in [9.17, 15) is 27.9 Å². The van der Waals surface area contributed by atoms with Crippen molar-refractivity contribution in [2.24, 2.45) is 0 Å². The molecule has 0 atom stereocenters. The molecule has 0 aliphatic heterocycles. The van der Waals surface area contributed by atoms with Gasteiger partial charge in [-0.2, -0.15) is 0 Å². The number of hydrogen-bond acceptors (Lipinski definition) is 8. The first-order valence-electron chi connectivity index (χ1n) is 13.1. The number of ketones is 2. The molecule has 0 saturated heterocycles. The van der Waals surface area contributed by atoms with Crippen LogP contribution < -0.4 is 10.6 Å². The summed E-state index contributed by atoms with van der Waals surface area (Å²) in [6.07, 6.45) is 2.33. The fourth-order valence-electron chi connectivity index (χ4n) is 4.37. The Labute approximate surface area is 239 Å². The first-order valence-corrected chi connectivity index (χ1v) is 14.6. The Bertz CT molecular complexity index is 1610. The number of carbonyl (C=O) groups is 3. The van der Waals surface area contributed by atoms with Crippen molar-refractivity contribution >= 4 is 27.7 Å². The second kappa shape index (κ2) is 11.6. The topological polar surface area (TPSA) is 144 Å². The zero-order valence-corrected chi connectivity index (χ0v) is 24.2. The lowest BCUT2D eigenvalue weighted by Crippen LogP contribution is -2.34. The third-order valence-electron chi connectivity index (χ3n) is 6.34. The number of allylic oxidation sites excluding steroid dienone is 2. The van der Waals surface area contributed by atoms with Crippen molar-refractivity contribution in [2.75, 3.05) is 13.1 Å². The monoisotopic (exact) mass is 579 g/mol. The molecule has 1 aromatic heterocycles. The van der Waals surface area contributed by atoms with Gasteiger partial charge in [0.1, 0.15) is 17.0 Å². The van der Waals surface area contributed by atoms with Crippen molar-refractivity contribution in [3.8, 4) is 5.75 Å². The van der Waals surface area contributed by atoms with Gasteiger partial charge in [0, 0.05) is 25.4 Å². The van der Waals surface area contributed by atoms with Crippen molar-refractivity contribution < 1.29 is 32.6 Å². The number of amides is 1. The van der Waals surface area contributed by atoms with Crippen molar-refractivity contribution in [1.29, 1.82) is 0 Å². The Kier molecular flexibility index (Phi) is 8.39. The third kappa shape index (κ3) is 6.86. The Morgan fingerprint density at radius 2 is 1.63 bits per heavy atom. The SMILES string of the molecule is Cc1ccc(S(=O)(=O)n2cc(CCNC(=O)OC(C)(C)C)c3c2C(=O)C=C(NCCc2ccc(O)cc2)C3=O)cc1. The summed E-state index contributed by atoms with van der Waals surface area (Å²) in [5.74, 6) is -1.01. The maximum Gasteiger partial charge on any atom is 0.407 e. The molecular formula is C30H33N3O7S. The number of nitrogens with zero attached hydrogens (tertiary/aromatic N) is 1. The summed E-state index contributed by atoms with van der Waals surface area (Å²) < 4.78 is 33.3. The number of phenols is 1. The number of Topliss-reactive ketones (excluding diaryl/α,β-unsaturated/α-hetero) is 1. The maximum absolute atomic E-state index is 13.6. The van der Waals surface area contributed by atoms with Gasteiger partial charge in [-0.1, -0.05) is 29.8 Å². The van der Waals surface area contributed by atoms with E-state index in [0.717, 1.165) is 21.2 Å². The summed E-state index contributed by atoms with van der Waals surface area (Å²) in [5.41, 5.74) is 1.16. The zero-order chi connectivity index (χ0) is 29.9. The molecule has 1 aliphatic carbocycles. The maximum atomic E-state index is 13.6. The molecule has 4 rings (SSSR count). The number of benzene rings is 2. The molecule has 0 spiro atoms. The van der Waals surface area contributed by atoms with E-state index in [2.05, 4.69) is 10.6 Å². The number of ether oxygens (including phenoxy) is 1. The van der Waals surface area contributed by atoms with Crippen LogP contribution >= 0.6 is 0 Å². The molecule has 11 heteroatoms. The van der Waals surface area contributed by atoms with Crippen molar-refractivity contribution in [1.82, 2.24) is 14.6 Å². The fourth-order valence-corrected chi connectivity index (χ4v) is 5.76. The Morgan fingerprint density at radius 1 is 0.976 bits per heavy atom. The van der Waals surface area contributed by atoms with E-state index in [4.69, 9.17) is 4.74 Å². The average Bonchev–Trinajstić information content (AvgIpc) is 3.28. The van der Waals surface area contributed by atoms with Crippen molar-refractivity contribution in [3.63, 3.8) is 0 Å². The lowest BCUT2D eigenvalue weighted by atomic mass is 9.94. The van der Waals surface area contributed by atoms with Gasteiger partial charge in [0.15, 0.2) is 0 Å². The minimum absolute atomic E-state index is 0.0219. The van der Waals surface area contributed by atoms with Gasteiger partial charge in [0.2, 0.25) is 11.6 Å². The smallest absolute Gasteiger partial charge is 0.407 e. The summed E-state index contributed by atoms with van der Waals surface area (Å²) in [6.45, 7) is 7.38. The Morgan fingerprint density at radius 3 is 2.27 bits per heavy atom. The van der Waals surface area contributed by atoms with Gasteiger partial charge >= 0.3 is 6.09 Å². The zero-order valence-electron chi connectivity index (χ0n) is 23.4. The summed E-state index contributed by atoms with van der Waals surface area (Å²) in [4.78, 5) is 39.1. The van der Waals surface area contributed by atoms with Gasteiger partial charge in [0.05, 0.1) is 16.2 Å². The van der Waals surface area contributed by atoms with Crippen LogP contribution in [0.1, 0.15) is 58.3 Å². The number of fused-ring (bicyclic) bond motifs is 1. The molecule has 1 aliphatic rings. The Hall–Kier alpha value is -4.38. The van der Waals surface area contributed by atoms with Crippen LogP contribution in [-0.4, -0.2) is 53.8 Å². The summed E-state index contributed by atoms with van der Waals surface area (Å²) in [5, 5.41) is 15.1. The molecule has 10 nitrogen and oxygen atoms in total. The highest BCUT2D eigenvalue weighted by molar-refractivity contribution is 7.90. The first-order chi connectivity index (χ1) is 19.3. The summed E-state index contributed by atoms with van der Waals surface area (Å²) in [7, 11) is -4.21. The van der Waals surface area contributed by atoms with Gasteiger partial charge in [-0.3, -0.25) is 9.59 Å². The van der Waals surface area contributed by atoms with Gasteiger partial charge < -0.3 is 20.5 Å². The number of aromatic nitrogens is 1. The number of aryl methyl sites for hydroxylation is 1. The van der Waals surface area contributed by atoms with E-state index in [-0.39, 0.29) is 40.6 Å². The molecule has 1 amide bonds. The minimum atomic E-state index is -4.21. The third-order valence-corrected chi connectivity index (χ3v) is 8.01. The minimum Gasteiger partial charge on any atom is -0.508 e. The molecule has 0 bridgehead atoms. The molecule has 3 aromatic rings. The normalized spacial score (nSPS) is 13.4. The summed E-state index contributed by atoms with van der Waals surface area (Å²) >= 11 is 0. The highest BCUT2D eigenvalue weighted by atomic mass is 32.2. The molecule has 41 heavy (non-hydrogen) atoms.